The van der Waals surface area contributed by atoms with Crippen molar-refractivity contribution >= 4 is 16.8 Å². The van der Waals surface area contributed by atoms with Crippen LogP contribution in [0.5, 0.6) is 0 Å². The molecular formula is C7H9ClO. The molecule has 0 aromatic rings. The number of carbonyl (C=O) groups excluding carboxylic acids is 1. The molecule has 0 saturated carbocycles. The number of carbonyl (C=O) groups is 1. The Bertz CT molecular complexity index is 156. The summed E-state index contributed by atoms with van der Waals surface area (Å²) in [5.74, 6) is 0. The maximum Gasteiger partial charge on any atom is 0.252 e. The maximum absolute atomic E-state index is 10.4. The first kappa shape index (κ1) is 8.44. The van der Waals surface area contributed by atoms with Gasteiger partial charge in [-0.25, -0.2) is 0 Å². The van der Waals surface area contributed by atoms with Crippen LogP contribution in [0.4, 0.5) is 0 Å². The van der Waals surface area contributed by atoms with Crippen LogP contribution in [0.1, 0.15) is 13.8 Å². The van der Waals surface area contributed by atoms with Crippen LogP contribution in [0, 0.1) is 0 Å². The monoisotopic (exact) mass is 144 g/mol. The van der Waals surface area contributed by atoms with Crippen molar-refractivity contribution in [2.75, 3.05) is 0 Å². The second-order valence-corrected chi connectivity index (χ2v) is 1.86. The summed E-state index contributed by atoms with van der Waals surface area (Å²) in [6.45, 7) is 3.61. The van der Waals surface area contributed by atoms with E-state index in [2.05, 4.69) is 0 Å². The van der Waals surface area contributed by atoms with Gasteiger partial charge in [0.25, 0.3) is 5.24 Å². The van der Waals surface area contributed by atoms with Gasteiger partial charge in [-0.15, -0.1) is 0 Å². The first-order valence-electron chi connectivity index (χ1n) is 2.71. The minimum Gasteiger partial charge on any atom is -0.276 e. The molecule has 0 aromatic heterocycles. The third kappa shape index (κ3) is 3.09. The van der Waals surface area contributed by atoms with Gasteiger partial charge in [-0.1, -0.05) is 18.2 Å². The summed E-state index contributed by atoms with van der Waals surface area (Å²) < 4.78 is 0. The highest BCUT2D eigenvalue weighted by atomic mass is 35.5. The molecule has 0 N–H and O–H groups in total. The van der Waals surface area contributed by atoms with Crippen LogP contribution in [0.3, 0.4) is 0 Å². The van der Waals surface area contributed by atoms with E-state index in [-0.39, 0.29) is 0 Å². The third-order valence-electron chi connectivity index (χ3n) is 0.884. The lowest BCUT2D eigenvalue weighted by atomic mass is 10.2. The molecule has 0 saturated heterocycles. The third-order valence-corrected chi connectivity index (χ3v) is 1.10. The molecular weight excluding hydrogens is 136 g/mol. The smallest absolute Gasteiger partial charge is 0.252 e. The van der Waals surface area contributed by atoms with Crippen LogP contribution in [0.25, 0.3) is 0 Å². The zero-order valence-electron chi connectivity index (χ0n) is 5.52. The maximum atomic E-state index is 10.4. The molecule has 9 heavy (non-hydrogen) atoms. The fourth-order valence-electron chi connectivity index (χ4n) is 0.455. The summed E-state index contributed by atoms with van der Waals surface area (Å²) in [4.78, 5) is 10.4. The zero-order chi connectivity index (χ0) is 7.28. The van der Waals surface area contributed by atoms with Crippen molar-refractivity contribution in [1.29, 1.82) is 0 Å². The van der Waals surface area contributed by atoms with E-state index >= 15 is 0 Å². The predicted molar refractivity (Wildman–Crippen MR) is 39.4 cm³/mol. The highest BCUT2D eigenvalue weighted by Gasteiger charge is 1.96. The van der Waals surface area contributed by atoms with E-state index < -0.39 is 5.24 Å². The average Bonchev–Trinajstić information content (AvgIpc) is 1.82. The molecule has 0 aliphatic rings. The SMILES string of the molecule is C/C=C\C(=C/C)C(=O)Cl. The van der Waals surface area contributed by atoms with E-state index in [9.17, 15) is 4.79 Å². The van der Waals surface area contributed by atoms with E-state index in [1.54, 1.807) is 25.2 Å². The fraction of sp³-hybridized carbons (Fsp3) is 0.286. The van der Waals surface area contributed by atoms with Crippen molar-refractivity contribution in [2.24, 2.45) is 0 Å². The largest absolute Gasteiger partial charge is 0.276 e. The van der Waals surface area contributed by atoms with Gasteiger partial charge < -0.3 is 0 Å². The molecule has 0 aliphatic heterocycles. The Balaban J connectivity index is 4.19. The van der Waals surface area contributed by atoms with Gasteiger partial charge in [-0.3, -0.25) is 4.79 Å². The lowest BCUT2D eigenvalue weighted by Gasteiger charge is -1.87. The number of rotatable bonds is 2. The molecule has 2 heteroatoms. The topological polar surface area (TPSA) is 17.1 Å². The second-order valence-electron chi connectivity index (χ2n) is 1.52. The molecule has 0 fully saturated rings. The first-order valence-corrected chi connectivity index (χ1v) is 3.09. The number of allylic oxidation sites excluding steroid dienone is 4. The summed E-state index contributed by atoms with van der Waals surface area (Å²) in [6, 6.07) is 0. The Morgan fingerprint density at radius 2 is 2.00 bits per heavy atom. The van der Waals surface area contributed by atoms with Crippen molar-refractivity contribution in [3.8, 4) is 0 Å². The molecule has 50 valence electrons. The average molecular weight is 145 g/mol. The summed E-state index contributed by atoms with van der Waals surface area (Å²) in [7, 11) is 0. The molecule has 0 bridgehead atoms. The molecule has 0 amide bonds. The number of hydrogen-bond donors (Lipinski definition) is 0. The molecule has 0 unspecified atom stereocenters. The van der Waals surface area contributed by atoms with Crippen molar-refractivity contribution in [2.45, 2.75) is 13.8 Å². The molecule has 0 heterocycles. The van der Waals surface area contributed by atoms with E-state index in [4.69, 9.17) is 11.6 Å². The summed E-state index contributed by atoms with van der Waals surface area (Å²) >= 11 is 5.16. The van der Waals surface area contributed by atoms with Crippen LogP contribution < -0.4 is 0 Å². The van der Waals surface area contributed by atoms with Gasteiger partial charge in [0.1, 0.15) is 0 Å². The van der Waals surface area contributed by atoms with E-state index in [0.717, 1.165) is 0 Å². The Morgan fingerprint density at radius 1 is 1.44 bits per heavy atom. The normalized spacial score (nSPS) is 12.6. The Labute approximate surface area is 60.0 Å². The van der Waals surface area contributed by atoms with E-state index in [1.165, 1.54) is 0 Å². The van der Waals surface area contributed by atoms with Gasteiger partial charge in [-0.2, -0.15) is 0 Å². The first-order chi connectivity index (χ1) is 4.22. The highest BCUT2D eigenvalue weighted by molar-refractivity contribution is 6.68. The van der Waals surface area contributed by atoms with Gasteiger partial charge >= 0.3 is 0 Å². The lowest BCUT2D eigenvalue weighted by Crippen LogP contribution is -1.87. The van der Waals surface area contributed by atoms with E-state index in [0.29, 0.717) is 5.57 Å². The molecule has 0 spiro atoms. The molecule has 1 nitrogen and oxygen atoms in total. The standard InChI is InChI=1S/C7H9ClO/c1-3-5-6(4-2)7(8)9/h3-5H,1-2H3/b5-3-,6-4+. The molecule has 0 radical (unpaired) electrons. The van der Waals surface area contributed by atoms with Crippen LogP contribution >= 0.6 is 11.6 Å². The second kappa shape index (κ2) is 4.33. The van der Waals surface area contributed by atoms with Gasteiger partial charge in [-0.05, 0) is 25.4 Å². The lowest BCUT2D eigenvalue weighted by molar-refractivity contribution is -0.108. The van der Waals surface area contributed by atoms with Crippen LogP contribution in [0.2, 0.25) is 0 Å². The summed E-state index contributed by atoms with van der Waals surface area (Å²) in [6.07, 6.45) is 5.13. The Hall–Kier alpha value is -0.560. The fourth-order valence-corrected chi connectivity index (χ4v) is 0.627. The van der Waals surface area contributed by atoms with Crippen molar-refractivity contribution < 1.29 is 4.79 Å². The highest BCUT2D eigenvalue weighted by Crippen LogP contribution is 2.00. The minimum absolute atomic E-state index is 0.407. The number of halogens is 1. The summed E-state index contributed by atoms with van der Waals surface area (Å²) in [5.41, 5.74) is 0.541. The van der Waals surface area contributed by atoms with Crippen molar-refractivity contribution in [3.05, 3.63) is 23.8 Å². The zero-order valence-corrected chi connectivity index (χ0v) is 6.27. The quantitative estimate of drug-likeness (QED) is 0.330. The summed E-state index contributed by atoms with van der Waals surface area (Å²) in [5, 5.41) is -0.407. The minimum atomic E-state index is -0.407. The Morgan fingerprint density at radius 3 is 2.11 bits per heavy atom. The Kier molecular flexibility index (Phi) is 4.06. The predicted octanol–water partition coefficient (Wildman–Crippen LogP) is 2.27. The molecule has 0 atom stereocenters. The molecule has 0 aromatic carbocycles. The van der Waals surface area contributed by atoms with Crippen LogP contribution in [0.15, 0.2) is 23.8 Å². The van der Waals surface area contributed by atoms with Gasteiger partial charge in [0.15, 0.2) is 0 Å². The van der Waals surface area contributed by atoms with Crippen molar-refractivity contribution in [3.63, 3.8) is 0 Å². The van der Waals surface area contributed by atoms with Crippen molar-refractivity contribution in [1.82, 2.24) is 0 Å². The molecule has 0 aliphatic carbocycles. The van der Waals surface area contributed by atoms with Crippen LogP contribution in [-0.4, -0.2) is 5.24 Å². The van der Waals surface area contributed by atoms with Gasteiger partial charge in [0, 0.05) is 5.57 Å². The number of hydrogen-bond acceptors (Lipinski definition) is 1. The van der Waals surface area contributed by atoms with Gasteiger partial charge in [0.05, 0.1) is 0 Å². The van der Waals surface area contributed by atoms with Crippen LogP contribution in [-0.2, 0) is 4.79 Å². The molecule has 0 rings (SSSR count). The van der Waals surface area contributed by atoms with E-state index in [1.807, 2.05) is 6.92 Å². The van der Waals surface area contributed by atoms with Gasteiger partial charge in [0.2, 0.25) is 0 Å².